The zero-order valence-electron chi connectivity index (χ0n) is 37.5. The number of unbranched alkanes of at least 4 members (excludes halogenated alkanes) is 10. The van der Waals surface area contributed by atoms with Gasteiger partial charge in [-0.1, -0.05) is 129 Å². The van der Waals surface area contributed by atoms with Crippen LogP contribution in [0.5, 0.6) is 28.7 Å². The quantitative estimate of drug-likeness (QED) is 0.0398. The molecule has 0 fully saturated rings. The van der Waals surface area contributed by atoms with E-state index in [1.54, 1.807) is 0 Å². The molecule has 6 aromatic carbocycles. The summed E-state index contributed by atoms with van der Waals surface area (Å²) in [6.07, 6.45) is 16.0. The van der Waals surface area contributed by atoms with Crippen LogP contribution in [0.3, 0.4) is 0 Å². The van der Waals surface area contributed by atoms with E-state index in [1.807, 2.05) is 0 Å². The molecule has 0 atom stereocenters. The molecule has 0 amide bonds. The number of hydrogen-bond donors (Lipinski definition) is 0. The number of nitrogens with zero attached hydrogens (tertiary/aromatic N) is 1. The molecule has 7 nitrogen and oxygen atoms in total. The molecule has 7 rings (SSSR count). The van der Waals surface area contributed by atoms with Gasteiger partial charge in [-0.15, -0.1) is 0 Å². The smallest absolute Gasteiger partial charge is 0.227 e. The molecule has 1 aromatic heterocycles. The first-order chi connectivity index (χ1) is 30.1. The largest absolute Gasteiger partial charge is 0.490 e. The highest BCUT2D eigenvalue weighted by Crippen LogP contribution is 2.49. The lowest BCUT2D eigenvalue weighted by atomic mass is 9.92. The van der Waals surface area contributed by atoms with Crippen LogP contribution in [0.4, 0.5) is 0 Å². The summed E-state index contributed by atoms with van der Waals surface area (Å²) in [5.41, 5.74) is 2.32. The molecule has 0 spiro atoms. The summed E-state index contributed by atoms with van der Waals surface area (Å²) in [7, 11) is 0. The van der Waals surface area contributed by atoms with Crippen LogP contribution < -0.4 is 23.7 Å². The van der Waals surface area contributed by atoms with Gasteiger partial charge in [0.25, 0.3) is 0 Å². The van der Waals surface area contributed by atoms with Crippen molar-refractivity contribution in [1.29, 1.82) is 0 Å². The summed E-state index contributed by atoms with van der Waals surface area (Å²) in [5, 5.41) is 8.46. The summed E-state index contributed by atoms with van der Waals surface area (Å²) < 4.78 is 40.0. The maximum absolute atomic E-state index is 6.83. The zero-order valence-corrected chi connectivity index (χ0v) is 37.5. The first kappa shape index (κ1) is 43.9. The Bertz CT molecular complexity index is 2450. The van der Waals surface area contributed by atoms with E-state index in [9.17, 15) is 0 Å². The van der Waals surface area contributed by atoms with Gasteiger partial charge in [0.15, 0.2) is 34.3 Å². The SMILES string of the molecule is CCCCCOc1cc2c3cc(OCCCCC)c(OCCCCC)cc3c3c(cc(OCCCCC)c4oc(-c5ccc6ccccc6c5)nc43)c2cc1OCCCCC. The van der Waals surface area contributed by atoms with E-state index in [2.05, 4.69) is 107 Å². The number of rotatable bonds is 26. The molecule has 0 saturated heterocycles. The van der Waals surface area contributed by atoms with Crippen molar-refractivity contribution in [1.82, 2.24) is 4.98 Å². The number of aromatic nitrogens is 1. The zero-order chi connectivity index (χ0) is 42.4. The van der Waals surface area contributed by atoms with Crippen LogP contribution in [0, 0.1) is 0 Å². The molecule has 7 heteroatoms. The van der Waals surface area contributed by atoms with E-state index in [1.165, 1.54) is 5.39 Å². The third-order valence-corrected chi connectivity index (χ3v) is 11.7. The van der Waals surface area contributed by atoms with Crippen molar-refractivity contribution in [3.63, 3.8) is 0 Å². The van der Waals surface area contributed by atoms with Crippen molar-refractivity contribution in [2.75, 3.05) is 33.0 Å². The number of hydrogen-bond acceptors (Lipinski definition) is 7. The number of ether oxygens (including phenoxy) is 5. The van der Waals surface area contributed by atoms with Gasteiger partial charge >= 0.3 is 0 Å². The van der Waals surface area contributed by atoms with E-state index in [4.69, 9.17) is 33.1 Å². The van der Waals surface area contributed by atoms with Crippen LogP contribution in [0.15, 0.2) is 77.2 Å². The Labute approximate surface area is 363 Å². The summed E-state index contributed by atoms with van der Waals surface area (Å²) in [6.45, 7) is 14.2. The average molecular weight is 826 g/mol. The highest BCUT2D eigenvalue weighted by molar-refractivity contribution is 6.32. The molecule has 0 aliphatic carbocycles. The molecule has 324 valence electrons. The van der Waals surface area contributed by atoms with Crippen LogP contribution in [-0.2, 0) is 0 Å². The van der Waals surface area contributed by atoms with E-state index < -0.39 is 0 Å². The fraction of sp³-hybridized carbons (Fsp3) is 0.463. The van der Waals surface area contributed by atoms with Crippen molar-refractivity contribution in [2.24, 2.45) is 0 Å². The predicted octanol–water partition coefficient (Wildman–Crippen LogP) is 16.0. The molecule has 0 radical (unpaired) electrons. The molecule has 0 aliphatic rings. The molecule has 61 heavy (non-hydrogen) atoms. The van der Waals surface area contributed by atoms with Crippen molar-refractivity contribution in [3.05, 3.63) is 72.8 Å². The fourth-order valence-corrected chi connectivity index (χ4v) is 8.21. The molecule has 0 aliphatic heterocycles. The van der Waals surface area contributed by atoms with E-state index >= 15 is 0 Å². The molecular weight excluding hydrogens is 759 g/mol. The molecular formula is C54H67NO6. The topological polar surface area (TPSA) is 72.2 Å². The van der Waals surface area contributed by atoms with Crippen molar-refractivity contribution < 1.29 is 28.1 Å². The molecule has 1 heterocycles. The predicted molar refractivity (Wildman–Crippen MR) is 255 cm³/mol. The van der Waals surface area contributed by atoms with Crippen molar-refractivity contribution in [3.8, 4) is 40.2 Å². The Kier molecular flexibility index (Phi) is 15.9. The number of fused-ring (bicyclic) bond motifs is 9. The molecule has 0 unspecified atom stereocenters. The maximum atomic E-state index is 6.83. The molecule has 7 aromatic rings. The van der Waals surface area contributed by atoms with Crippen LogP contribution in [0.1, 0.15) is 131 Å². The lowest BCUT2D eigenvalue weighted by Crippen LogP contribution is -2.04. The number of oxazole rings is 1. The van der Waals surface area contributed by atoms with Crippen LogP contribution in [-0.4, -0.2) is 38.0 Å². The number of benzene rings is 6. The molecule has 0 saturated carbocycles. The van der Waals surface area contributed by atoms with Gasteiger partial charge in [-0.3, -0.25) is 0 Å². The van der Waals surface area contributed by atoms with E-state index in [0.717, 1.165) is 168 Å². The summed E-state index contributed by atoms with van der Waals surface area (Å²) in [6, 6.07) is 25.7. The van der Waals surface area contributed by atoms with Crippen LogP contribution in [0.25, 0.3) is 65.6 Å². The normalized spacial score (nSPS) is 11.7. The van der Waals surface area contributed by atoms with E-state index in [-0.39, 0.29) is 0 Å². The van der Waals surface area contributed by atoms with Crippen LogP contribution in [0.2, 0.25) is 0 Å². The van der Waals surface area contributed by atoms with E-state index in [0.29, 0.717) is 50.3 Å². The minimum atomic E-state index is 0.558. The lowest BCUT2D eigenvalue weighted by Gasteiger charge is -2.20. The minimum Gasteiger partial charge on any atom is -0.490 e. The van der Waals surface area contributed by atoms with Gasteiger partial charge in [-0.2, -0.15) is 0 Å². The standard InChI is InChI=1S/C54H67NO6/c1-6-11-18-27-56-46-33-41-42-34-48(58-29-20-13-8-3)49(59-30-21-14-9-4)36-44(42)51-45(43(41)35-47(46)57-28-19-12-7-2)37-50(60-31-22-15-10-5)53-52(51)55-54(61-53)40-26-25-38-23-16-17-24-39(38)32-40/h16-17,23-26,32-37H,6-15,18-22,27-31H2,1-5H3. The lowest BCUT2D eigenvalue weighted by molar-refractivity contribution is 0.260. The second-order valence-corrected chi connectivity index (χ2v) is 16.5. The first-order valence-electron chi connectivity index (χ1n) is 23.6. The summed E-state index contributed by atoms with van der Waals surface area (Å²) in [4.78, 5) is 5.38. The van der Waals surface area contributed by atoms with Crippen LogP contribution >= 0.6 is 0 Å². The van der Waals surface area contributed by atoms with Gasteiger partial charge in [-0.05, 0) is 112 Å². The third kappa shape index (κ3) is 10.5. The highest BCUT2D eigenvalue weighted by Gasteiger charge is 2.24. The highest BCUT2D eigenvalue weighted by atomic mass is 16.5. The molecule has 0 bridgehead atoms. The third-order valence-electron chi connectivity index (χ3n) is 11.7. The Morgan fingerprint density at radius 3 is 1.26 bits per heavy atom. The summed E-state index contributed by atoms with van der Waals surface area (Å²) >= 11 is 0. The first-order valence-corrected chi connectivity index (χ1v) is 23.6. The Balaban J connectivity index is 1.52. The van der Waals surface area contributed by atoms with Gasteiger partial charge in [0.1, 0.15) is 5.52 Å². The Hall–Kier alpha value is -5.17. The summed E-state index contributed by atoms with van der Waals surface area (Å²) in [5.74, 6) is 4.28. The maximum Gasteiger partial charge on any atom is 0.227 e. The second kappa shape index (κ2) is 22.1. The van der Waals surface area contributed by atoms with Crippen molar-refractivity contribution >= 4 is 54.2 Å². The minimum absolute atomic E-state index is 0.558. The second-order valence-electron chi connectivity index (χ2n) is 16.5. The Morgan fingerprint density at radius 1 is 0.410 bits per heavy atom. The fourth-order valence-electron chi connectivity index (χ4n) is 8.21. The average Bonchev–Trinajstić information content (AvgIpc) is 3.74. The van der Waals surface area contributed by atoms with Gasteiger partial charge in [-0.25, -0.2) is 4.98 Å². The van der Waals surface area contributed by atoms with Crippen molar-refractivity contribution in [2.45, 2.75) is 131 Å². The van der Waals surface area contributed by atoms with Gasteiger partial charge in [0.2, 0.25) is 5.89 Å². The van der Waals surface area contributed by atoms with Gasteiger partial charge in [0, 0.05) is 10.9 Å². The van der Waals surface area contributed by atoms with Gasteiger partial charge < -0.3 is 28.1 Å². The molecule has 0 N–H and O–H groups in total. The van der Waals surface area contributed by atoms with Gasteiger partial charge in [0.05, 0.1) is 33.0 Å². The monoisotopic (exact) mass is 825 g/mol. The Morgan fingerprint density at radius 2 is 0.803 bits per heavy atom.